The standard InChI is InChI=1S/C13H16FNO3/c14-11-3-1-2-10(6-11)7-12(16)15-8-13(17)4-5-18-9-13/h1-3,6,17H,4-5,7-9H2,(H,15,16)/t13-/m0/s1. The van der Waals surface area contributed by atoms with Gasteiger partial charge in [0, 0.05) is 19.6 Å². The number of carbonyl (C=O) groups is 1. The first-order valence-electron chi connectivity index (χ1n) is 5.89. The summed E-state index contributed by atoms with van der Waals surface area (Å²) in [7, 11) is 0. The van der Waals surface area contributed by atoms with E-state index in [1.807, 2.05) is 0 Å². The highest BCUT2D eigenvalue weighted by Gasteiger charge is 2.32. The zero-order valence-corrected chi connectivity index (χ0v) is 9.99. The van der Waals surface area contributed by atoms with Crippen molar-refractivity contribution in [2.45, 2.75) is 18.4 Å². The number of hydrogen-bond acceptors (Lipinski definition) is 3. The molecular formula is C13H16FNO3. The van der Waals surface area contributed by atoms with E-state index in [-0.39, 0.29) is 31.3 Å². The minimum atomic E-state index is -0.961. The fourth-order valence-corrected chi connectivity index (χ4v) is 1.89. The first-order valence-corrected chi connectivity index (χ1v) is 5.89. The second-order valence-corrected chi connectivity index (χ2v) is 4.61. The number of benzene rings is 1. The predicted molar refractivity (Wildman–Crippen MR) is 63.5 cm³/mol. The minimum absolute atomic E-state index is 0.106. The lowest BCUT2D eigenvalue weighted by atomic mass is 10.0. The highest BCUT2D eigenvalue weighted by Crippen LogP contribution is 2.16. The van der Waals surface area contributed by atoms with Gasteiger partial charge < -0.3 is 15.2 Å². The summed E-state index contributed by atoms with van der Waals surface area (Å²) in [6.07, 6.45) is 0.627. The van der Waals surface area contributed by atoms with E-state index in [9.17, 15) is 14.3 Å². The summed E-state index contributed by atoms with van der Waals surface area (Å²) in [5, 5.41) is 12.6. The average molecular weight is 253 g/mol. The van der Waals surface area contributed by atoms with Crippen molar-refractivity contribution in [2.75, 3.05) is 19.8 Å². The lowest BCUT2D eigenvalue weighted by molar-refractivity contribution is -0.121. The second-order valence-electron chi connectivity index (χ2n) is 4.61. The van der Waals surface area contributed by atoms with Gasteiger partial charge in [-0.05, 0) is 17.7 Å². The molecule has 0 aromatic heterocycles. The number of amides is 1. The molecule has 18 heavy (non-hydrogen) atoms. The Morgan fingerprint density at radius 3 is 3.06 bits per heavy atom. The average Bonchev–Trinajstić information content (AvgIpc) is 2.74. The van der Waals surface area contributed by atoms with Crippen molar-refractivity contribution in [3.63, 3.8) is 0 Å². The monoisotopic (exact) mass is 253 g/mol. The van der Waals surface area contributed by atoms with E-state index in [0.29, 0.717) is 18.6 Å². The van der Waals surface area contributed by atoms with Gasteiger partial charge in [-0.1, -0.05) is 12.1 Å². The van der Waals surface area contributed by atoms with Gasteiger partial charge in [0.25, 0.3) is 0 Å². The largest absolute Gasteiger partial charge is 0.386 e. The smallest absolute Gasteiger partial charge is 0.224 e. The Balaban J connectivity index is 1.82. The SMILES string of the molecule is O=C(Cc1cccc(F)c1)NC[C@@]1(O)CCOC1. The van der Waals surface area contributed by atoms with Crippen LogP contribution >= 0.6 is 0 Å². The van der Waals surface area contributed by atoms with Gasteiger partial charge in [-0.2, -0.15) is 0 Å². The second kappa shape index (κ2) is 5.46. The molecule has 1 heterocycles. The van der Waals surface area contributed by atoms with Crippen LogP contribution in [-0.4, -0.2) is 36.4 Å². The van der Waals surface area contributed by atoms with Crippen LogP contribution in [0.3, 0.4) is 0 Å². The molecule has 1 fully saturated rings. The van der Waals surface area contributed by atoms with Gasteiger partial charge in [-0.15, -0.1) is 0 Å². The van der Waals surface area contributed by atoms with E-state index >= 15 is 0 Å². The minimum Gasteiger partial charge on any atom is -0.386 e. The maximum absolute atomic E-state index is 12.9. The van der Waals surface area contributed by atoms with E-state index in [1.165, 1.54) is 12.1 Å². The van der Waals surface area contributed by atoms with Crippen LogP contribution < -0.4 is 5.32 Å². The molecule has 1 aromatic rings. The molecule has 0 unspecified atom stereocenters. The molecule has 2 N–H and O–H groups in total. The highest BCUT2D eigenvalue weighted by atomic mass is 19.1. The quantitative estimate of drug-likeness (QED) is 0.827. The number of carbonyl (C=O) groups excluding carboxylic acids is 1. The number of nitrogens with one attached hydrogen (secondary N) is 1. The molecule has 0 saturated carbocycles. The third kappa shape index (κ3) is 3.51. The maximum Gasteiger partial charge on any atom is 0.224 e. The molecular weight excluding hydrogens is 237 g/mol. The Hall–Kier alpha value is -1.46. The van der Waals surface area contributed by atoms with Gasteiger partial charge in [0.2, 0.25) is 5.91 Å². The van der Waals surface area contributed by atoms with Crippen LogP contribution in [0.4, 0.5) is 4.39 Å². The van der Waals surface area contributed by atoms with Gasteiger partial charge in [-0.25, -0.2) is 4.39 Å². The molecule has 5 heteroatoms. The lowest BCUT2D eigenvalue weighted by Gasteiger charge is -2.20. The Morgan fingerprint density at radius 2 is 2.39 bits per heavy atom. The zero-order chi connectivity index (χ0) is 13.0. The Labute approximate surface area is 105 Å². The fraction of sp³-hybridized carbons (Fsp3) is 0.462. The fourth-order valence-electron chi connectivity index (χ4n) is 1.89. The number of aliphatic hydroxyl groups is 1. The van der Waals surface area contributed by atoms with Crippen molar-refractivity contribution < 1.29 is 19.0 Å². The summed E-state index contributed by atoms with van der Waals surface area (Å²) in [6.45, 7) is 0.921. The summed E-state index contributed by atoms with van der Waals surface area (Å²) in [6, 6.07) is 5.92. The normalized spacial score (nSPS) is 23.0. The van der Waals surface area contributed by atoms with E-state index in [2.05, 4.69) is 5.32 Å². The van der Waals surface area contributed by atoms with Crippen molar-refractivity contribution in [2.24, 2.45) is 0 Å². The van der Waals surface area contributed by atoms with Crippen molar-refractivity contribution in [3.05, 3.63) is 35.6 Å². The Bertz CT molecular complexity index is 430. The van der Waals surface area contributed by atoms with Gasteiger partial charge in [0.05, 0.1) is 13.0 Å². The molecule has 2 rings (SSSR count). The van der Waals surface area contributed by atoms with Crippen LogP contribution in [0.2, 0.25) is 0 Å². The summed E-state index contributed by atoms with van der Waals surface area (Å²) in [5.74, 6) is -0.593. The first-order chi connectivity index (χ1) is 8.57. The number of ether oxygens (including phenoxy) is 1. The molecule has 0 spiro atoms. The van der Waals surface area contributed by atoms with Crippen LogP contribution in [0.5, 0.6) is 0 Å². The van der Waals surface area contributed by atoms with Crippen LogP contribution in [-0.2, 0) is 16.0 Å². The highest BCUT2D eigenvalue weighted by molar-refractivity contribution is 5.78. The number of hydrogen-bond donors (Lipinski definition) is 2. The van der Waals surface area contributed by atoms with E-state index < -0.39 is 5.60 Å². The van der Waals surface area contributed by atoms with Crippen LogP contribution in [0.1, 0.15) is 12.0 Å². The van der Waals surface area contributed by atoms with Gasteiger partial charge >= 0.3 is 0 Å². The third-order valence-corrected chi connectivity index (χ3v) is 2.95. The Kier molecular flexibility index (Phi) is 3.93. The van der Waals surface area contributed by atoms with Crippen molar-refractivity contribution in [1.29, 1.82) is 0 Å². The summed E-state index contributed by atoms with van der Waals surface area (Å²) < 4.78 is 18.0. The van der Waals surface area contributed by atoms with Gasteiger partial charge in [-0.3, -0.25) is 4.79 Å². The van der Waals surface area contributed by atoms with Crippen molar-refractivity contribution in [1.82, 2.24) is 5.32 Å². The molecule has 0 aliphatic carbocycles. The summed E-state index contributed by atoms with van der Waals surface area (Å²) in [5.41, 5.74) is -0.348. The molecule has 1 aliphatic heterocycles. The van der Waals surface area contributed by atoms with Crippen LogP contribution in [0, 0.1) is 5.82 Å². The summed E-state index contributed by atoms with van der Waals surface area (Å²) >= 11 is 0. The molecule has 0 radical (unpaired) electrons. The number of halogens is 1. The van der Waals surface area contributed by atoms with E-state index in [1.54, 1.807) is 12.1 Å². The third-order valence-electron chi connectivity index (χ3n) is 2.95. The summed E-state index contributed by atoms with van der Waals surface area (Å²) in [4.78, 5) is 11.6. The molecule has 1 aliphatic rings. The molecule has 1 amide bonds. The van der Waals surface area contributed by atoms with E-state index in [0.717, 1.165) is 0 Å². The predicted octanol–water partition coefficient (Wildman–Crippen LogP) is 0.636. The first kappa shape index (κ1) is 13.0. The molecule has 1 aromatic carbocycles. The molecule has 98 valence electrons. The van der Waals surface area contributed by atoms with Gasteiger partial charge in [0.1, 0.15) is 11.4 Å². The topological polar surface area (TPSA) is 58.6 Å². The maximum atomic E-state index is 12.9. The zero-order valence-electron chi connectivity index (χ0n) is 9.99. The molecule has 1 atom stereocenters. The molecule has 4 nitrogen and oxygen atoms in total. The van der Waals surface area contributed by atoms with Crippen LogP contribution in [0.15, 0.2) is 24.3 Å². The molecule has 1 saturated heterocycles. The lowest BCUT2D eigenvalue weighted by Crippen LogP contribution is -2.43. The van der Waals surface area contributed by atoms with Crippen molar-refractivity contribution in [3.8, 4) is 0 Å². The van der Waals surface area contributed by atoms with Crippen LogP contribution in [0.25, 0.3) is 0 Å². The molecule has 0 bridgehead atoms. The van der Waals surface area contributed by atoms with E-state index in [4.69, 9.17) is 4.74 Å². The Morgan fingerprint density at radius 1 is 1.56 bits per heavy atom. The van der Waals surface area contributed by atoms with Gasteiger partial charge in [0.15, 0.2) is 0 Å². The number of rotatable bonds is 4. The van der Waals surface area contributed by atoms with Crippen molar-refractivity contribution >= 4 is 5.91 Å².